The van der Waals surface area contributed by atoms with Gasteiger partial charge in [0.1, 0.15) is 35.3 Å². The minimum absolute atomic E-state index is 0.0589. The van der Waals surface area contributed by atoms with E-state index >= 15 is 0 Å². The minimum atomic E-state index is -1.26. The molecule has 4 rings (SSSR count). The van der Waals surface area contributed by atoms with E-state index in [1.54, 1.807) is 6.20 Å². The first kappa shape index (κ1) is 27.8. The summed E-state index contributed by atoms with van der Waals surface area (Å²) < 4.78 is 0. The lowest BCUT2D eigenvalue weighted by Crippen LogP contribution is -2.70. The molecule has 2 aliphatic heterocycles. The Balaban J connectivity index is 0.00000121. The SMILES string of the molecule is NC(Cc1c[nH]c(CC(=S)N[C@@H]2C(=O)N3C(C(=O)O)=C(C(=S)c4nnc[nH]4)CS[C@@H]23)n1)C(=O)O.O=CO. The number of nitrogens with zero attached hydrogens (tertiary/aromatic N) is 4. The van der Waals surface area contributed by atoms with Crippen molar-refractivity contribution in [2.75, 3.05) is 5.75 Å². The van der Waals surface area contributed by atoms with E-state index in [9.17, 15) is 19.5 Å². The maximum atomic E-state index is 12.9. The summed E-state index contributed by atoms with van der Waals surface area (Å²) in [6.45, 7) is -0.250. The molecule has 0 radical (unpaired) electrons. The molecule has 1 saturated heterocycles. The summed E-state index contributed by atoms with van der Waals surface area (Å²) in [6.07, 6.45) is 3.13. The lowest BCUT2D eigenvalue weighted by atomic mass is 10.0. The average Bonchev–Trinajstić information content (AvgIpc) is 3.54. The number of rotatable bonds is 9. The Morgan fingerprint density at radius 1 is 1.35 bits per heavy atom. The zero-order valence-corrected chi connectivity index (χ0v) is 21.1. The van der Waals surface area contributed by atoms with E-state index in [-0.39, 0.29) is 41.5 Å². The number of hydrogen-bond acceptors (Lipinski definition) is 11. The molecule has 0 saturated carbocycles. The predicted molar refractivity (Wildman–Crippen MR) is 136 cm³/mol. The van der Waals surface area contributed by atoms with Crippen LogP contribution in [0, 0.1) is 0 Å². The number of aromatic nitrogens is 5. The van der Waals surface area contributed by atoms with Crippen molar-refractivity contribution in [1.29, 1.82) is 0 Å². The van der Waals surface area contributed by atoms with Crippen molar-refractivity contribution in [3.8, 4) is 0 Å². The first-order valence-electron chi connectivity index (χ1n) is 10.3. The van der Waals surface area contributed by atoms with Crippen molar-refractivity contribution in [3.63, 3.8) is 0 Å². The molecule has 1 amide bonds. The predicted octanol–water partition coefficient (Wildman–Crippen LogP) is -1.32. The van der Waals surface area contributed by atoms with Crippen LogP contribution >= 0.6 is 36.2 Å². The van der Waals surface area contributed by atoms with Gasteiger partial charge in [-0.15, -0.1) is 22.0 Å². The number of nitrogens with one attached hydrogen (secondary N) is 3. The van der Waals surface area contributed by atoms with Gasteiger partial charge in [0, 0.05) is 23.9 Å². The van der Waals surface area contributed by atoms with Crippen LogP contribution in [0.3, 0.4) is 0 Å². The molecule has 8 N–H and O–H groups in total. The summed E-state index contributed by atoms with van der Waals surface area (Å²) in [7, 11) is 0. The number of thioether (sulfide) groups is 1. The van der Waals surface area contributed by atoms with Gasteiger partial charge in [0.15, 0.2) is 5.82 Å². The number of fused-ring (bicyclic) bond motifs is 1. The third-order valence-corrected chi connectivity index (χ3v) is 7.13. The topological polar surface area (TPSA) is 241 Å². The summed E-state index contributed by atoms with van der Waals surface area (Å²) >= 11 is 12.1. The summed E-state index contributed by atoms with van der Waals surface area (Å²) in [5.41, 5.74) is 6.14. The van der Waals surface area contributed by atoms with Gasteiger partial charge in [0.2, 0.25) is 0 Å². The van der Waals surface area contributed by atoms with Crippen LogP contribution in [0.2, 0.25) is 0 Å². The van der Waals surface area contributed by atoms with E-state index in [1.165, 1.54) is 23.0 Å². The second-order valence-electron chi connectivity index (χ2n) is 7.52. The monoisotopic (exact) mass is 568 g/mol. The maximum absolute atomic E-state index is 12.9. The molecule has 2 aromatic heterocycles. The third-order valence-electron chi connectivity index (χ3n) is 5.15. The lowest BCUT2D eigenvalue weighted by Gasteiger charge is -2.49. The van der Waals surface area contributed by atoms with E-state index in [4.69, 9.17) is 45.2 Å². The van der Waals surface area contributed by atoms with Gasteiger partial charge in [-0.05, 0) is 0 Å². The maximum Gasteiger partial charge on any atom is 0.353 e. The molecule has 0 spiro atoms. The van der Waals surface area contributed by atoms with Crippen LogP contribution in [0.4, 0.5) is 0 Å². The van der Waals surface area contributed by atoms with Gasteiger partial charge in [-0.3, -0.25) is 19.3 Å². The number of nitrogens with two attached hydrogens (primary N) is 1. The number of aliphatic carboxylic acids is 2. The number of amides is 1. The summed E-state index contributed by atoms with van der Waals surface area (Å²) in [5, 5.41) is 35.6. The Morgan fingerprint density at radius 3 is 2.65 bits per heavy atom. The molecule has 0 aliphatic carbocycles. The number of aromatic amines is 2. The number of H-pyrrole nitrogens is 2. The highest BCUT2D eigenvalue weighted by Crippen LogP contribution is 2.41. The number of imidazole rings is 1. The number of carbonyl (C=O) groups excluding carboxylic acids is 1. The Hall–Kier alpha value is -3.74. The third kappa shape index (κ3) is 6.16. The Labute approximate surface area is 222 Å². The van der Waals surface area contributed by atoms with E-state index in [1.807, 2.05) is 0 Å². The molecule has 0 bridgehead atoms. The minimum Gasteiger partial charge on any atom is -0.483 e. The highest BCUT2D eigenvalue weighted by molar-refractivity contribution is 8.00. The molecule has 15 nitrogen and oxygen atoms in total. The zero-order valence-electron chi connectivity index (χ0n) is 18.7. The quantitative estimate of drug-likeness (QED) is 0.0803. The summed E-state index contributed by atoms with van der Waals surface area (Å²) in [4.78, 5) is 55.8. The van der Waals surface area contributed by atoms with Crippen molar-refractivity contribution in [2.45, 2.75) is 30.3 Å². The van der Waals surface area contributed by atoms with E-state index in [0.29, 0.717) is 22.1 Å². The highest BCUT2D eigenvalue weighted by Gasteiger charge is 2.54. The molecular weight excluding hydrogens is 548 g/mol. The first-order valence-corrected chi connectivity index (χ1v) is 12.2. The van der Waals surface area contributed by atoms with Gasteiger partial charge in [-0.25, -0.2) is 9.78 Å². The molecule has 2 aromatic rings. The van der Waals surface area contributed by atoms with Gasteiger partial charge < -0.3 is 36.3 Å². The number of hydrogen-bond donors (Lipinski definition) is 7. The largest absolute Gasteiger partial charge is 0.483 e. The number of carboxylic acids is 2. The van der Waals surface area contributed by atoms with Gasteiger partial charge in [-0.2, -0.15) is 0 Å². The molecule has 37 heavy (non-hydrogen) atoms. The van der Waals surface area contributed by atoms with Crippen LogP contribution in [-0.2, 0) is 32.0 Å². The fourth-order valence-corrected chi connectivity index (χ4v) is 5.52. The van der Waals surface area contributed by atoms with Gasteiger partial charge in [0.05, 0.1) is 22.0 Å². The van der Waals surface area contributed by atoms with Crippen molar-refractivity contribution in [3.05, 3.63) is 41.1 Å². The highest BCUT2D eigenvalue weighted by atomic mass is 32.2. The normalized spacial score (nSPS) is 19.1. The van der Waals surface area contributed by atoms with Crippen molar-refractivity contribution in [1.82, 2.24) is 35.4 Å². The van der Waals surface area contributed by atoms with Crippen molar-refractivity contribution >= 4 is 70.4 Å². The smallest absolute Gasteiger partial charge is 0.353 e. The van der Waals surface area contributed by atoms with Gasteiger partial charge in [0.25, 0.3) is 12.4 Å². The molecule has 4 heterocycles. The fraction of sp³-hybridized carbons (Fsp3) is 0.316. The molecule has 1 unspecified atom stereocenters. The van der Waals surface area contributed by atoms with Crippen LogP contribution in [0.15, 0.2) is 23.8 Å². The standard InChI is InChI=1S/C18H18N8O5S3.CH2O2/c19-8(17(28)29)1-6-3-20-9(23-6)2-10(32)24-11-15(27)26-12(18(30)31)7(4-34-16(11)26)13(33)14-21-5-22-25-14;2-1-3/h3,5,8,11,16H,1-2,4,19H2,(H,20,23)(H,24,32)(H,28,29)(H,30,31)(H,21,22,25);1H,(H,2,3)/t8?,11-,16+;/m1./s1. The second-order valence-corrected chi connectivity index (χ2v) is 9.53. The summed E-state index contributed by atoms with van der Waals surface area (Å²) in [6, 6.07) is -1.77. The van der Waals surface area contributed by atoms with Crippen molar-refractivity contribution in [2.24, 2.45) is 5.73 Å². The fourth-order valence-electron chi connectivity index (χ4n) is 3.54. The molecule has 2 aliphatic rings. The van der Waals surface area contributed by atoms with E-state index < -0.39 is 35.3 Å². The molecule has 18 heteroatoms. The Kier molecular flexibility index (Phi) is 9.03. The number of carboxylic acid groups (broad SMARTS) is 3. The molecule has 3 atom stereocenters. The van der Waals surface area contributed by atoms with E-state index in [2.05, 4.69) is 30.5 Å². The van der Waals surface area contributed by atoms with Crippen LogP contribution in [-0.4, -0.2) is 103 Å². The van der Waals surface area contributed by atoms with Gasteiger partial charge >= 0.3 is 11.9 Å². The number of thiocarbonyl (C=S) groups is 2. The average molecular weight is 569 g/mol. The van der Waals surface area contributed by atoms with Crippen LogP contribution in [0.25, 0.3) is 0 Å². The van der Waals surface area contributed by atoms with Crippen LogP contribution in [0.5, 0.6) is 0 Å². The first-order chi connectivity index (χ1) is 17.6. The zero-order chi connectivity index (χ0) is 27.3. The molecule has 0 aromatic carbocycles. The Bertz CT molecular complexity index is 1260. The Morgan fingerprint density at radius 2 is 2.05 bits per heavy atom. The van der Waals surface area contributed by atoms with Crippen molar-refractivity contribution < 1.29 is 34.5 Å². The lowest BCUT2D eigenvalue weighted by molar-refractivity contribution is -0.148. The van der Waals surface area contributed by atoms with Crippen LogP contribution in [0.1, 0.15) is 17.3 Å². The number of carbonyl (C=O) groups is 4. The molecule has 1 fully saturated rings. The second kappa shape index (κ2) is 12.0. The summed E-state index contributed by atoms with van der Waals surface area (Å²) in [5.74, 6) is -1.82. The van der Waals surface area contributed by atoms with Gasteiger partial charge in [-0.1, -0.05) is 24.4 Å². The van der Waals surface area contributed by atoms with E-state index in [0.717, 1.165) is 0 Å². The molecule has 196 valence electrons. The van der Waals surface area contributed by atoms with Crippen LogP contribution < -0.4 is 11.1 Å². The number of β-lactam (4-membered cyclic amide) rings is 1. The molecular formula is C19H20N8O7S3.